The van der Waals surface area contributed by atoms with Crippen LogP contribution in [0.4, 0.5) is 4.39 Å². The predicted molar refractivity (Wildman–Crippen MR) is 209 cm³/mol. The highest BCUT2D eigenvalue weighted by Crippen LogP contribution is 2.50. The number of methoxy groups -OCH3 is 2. The van der Waals surface area contributed by atoms with Gasteiger partial charge in [-0.15, -0.1) is 0 Å². The smallest absolute Gasteiger partial charge is 0.219 e. The number of pyridine rings is 2. The van der Waals surface area contributed by atoms with Gasteiger partial charge in [0, 0.05) is 117 Å². The minimum Gasteiger partial charge on any atom is -0.481 e. The summed E-state index contributed by atoms with van der Waals surface area (Å²) in [5.41, 5.74) is 7.97. The fraction of sp³-hybridized carbons (Fsp3) is 0.442. The number of amides is 2. The maximum atomic E-state index is 16.8. The quantitative estimate of drug-likeness (QED) is 0.208. The lowest BCUT2D eigenvalue weighted by atomic mass is 9.72. The van der Waals surface area contributed by atoms with Crippen molar-refractivity contribution in [1.29, 1.82) is 0 Å². The number of rotatable bonds is 7. The second-order valence-corrected chi connectivity index (χ2v) is 16.3. The zero-order chi connectivity index (χ0) is 38.2. The van der Waals surface area contributed by atoms with E-state index < -0.39 is 5.82 Å². The predicted octanol–water partition coefficient (Wildman–Crippen LogP) is 6.59. The van der Waals surface area contributed by atoms with Crippen LogP contribution >= 0.6 is 11.6 Å². The number of nitrogens with zero attached hydrogens (tertiary/aromatic N) is 6. The number of piperazine rings is 1. The van der Waals surface area contributed by atoms with Crippen molar-refractivity contribution in [3.8, 4) is 45.4 Å². The lowest BCUT2D eigenvalue weighted by molar-refractivity contribution is -0.161. The molecule has 0 radical (unpaired) electrons. The van der Waals surface area contributed by atoms with Crippen LogP contribution in [0.2, 0.25) is 5.02 Å². The molecule has 0 bridgehead atoms. The topological polar surface area (TPSA) is 91.3 Å². The van der Waals surface area contributed by atoms with E-state index in [1.54, 1.807) is 40.2 Å². The number of aromatic nitrogens is 2. The van der Waals surface area contributed by atoms with Crippen LogP contribution in [-0.2, 0) is 22.4 Å². The number of likely N-dealkylation sites (tertiary alicyclic amines) is 2. The van der Waals surface area contributed by atoms with Crippen LogP contribution in [0.25, 0.3) is 33.6 Å². The average molecular weight is 765 g/mol. The molecule has 10 nitrogen and oxygen atoms in total. The molecule has 286 valence electrons. The van der Waals surface area contributed by atoms with Crippen LogP contribution in [0.1, 0.15) is 61.0 Å². The number of halogens is 2. The Morgan fingerprint density at radius 3 is 1.78 bits per heavy atom. The summed E-state index contributed by atoms with van der Waals surface area (Å²) < 4.78 is 28.6. The van der Waals surface area contributed by atoms with Crippen molar-refractivity contribution in [1.82, 2.24) is 29.6 Å². The van der Waals surface area contributed by atoms with Crippen LogP contribution in [0.15, 0.2) is 48.5 Å². The number of hydrogen-bond donors (Lipinski definition) is 0. The molecule has 3 fully saturated rings. The Labute approximate surface area is 326 Å². The zero-order valence-corrected chi connectivity index (χ0v) is 32.6. The fourth-order valence-electron chi connectivity index (χ4n) is 9.93. The highest BCUT2D eigenvalue weighted by Gasteiger charge is 2.55. The monoisotopic (exact) mass is 764 g/mol. The number of aryl methyl sites for hydroxylation is 2. The van der Waals surface area contributed by atoms with Crippen LogP contribution in [0.3, 0.4) is 0 Å². The van der Waals surface area contributed by atoms with E-state index >= 15 is 4.39 Å². The first-order chi connectivity index (χ1) is 26.6. The molecule has 2 atom stereocenters. The summed E-state index contributed by atoms with van der Waals surface area (Å²) in [4.78, 5) is 42.3. The average Bonchev–Trinajstić information content (AvgIpc) is 3.78. The third-order valence-corrected chi connectivity index (χ3v) is 13.1. The molecule has 3 aliphatic heterocycles. The molecule has 5 aliphatic rings. The Morgan fingerprint density at radius 2 is 1.22 bits per heavy atom. The molecule has 2 aliphatic carbocycles. The van der Waals surface area contributed by atoms with Crippen molar-refractivity contribution in [3.63, 3.8) is 0 Å². The maximum Gasteiger partial charge on any atom is 0.219 e. The zero-order valence-electron chi connectivity index (χ0n) is 31.8. The highest BCUT2D eigenvalue weighted by molar-refractivity contribution is 6.36. The van der Waals surface area contributed by atoms with Crippen molar-refractivity contribution in [2.24, 2.45) is 5.41 Å². The summed E-state index contributed by atoms with van der Waals surface area (Å²) in [7, 11) is 3.28. The first-order valence-electron chi connectivity index (χ1n) is 19.3. The molecule has 0 saturated carbocycles. The molecule has 2 amide bonds. The third kappa shape index (κ3) is 6.06. The SMILES string of the molecule is COc1nc(-c2cccc(-c3cccc(-c4cc5c(c(OC)n4)[C@@H](N4CC6(CN(C(C)=O)C6)C4)CC5)c3Cl)c2F)cc2c1[C@@H](N1CCN(C(C)=O)CC1)CC2. The Bertz CT molecular complexity index is 2210. The van der Waals surface area contributed by atoms with Crippen LogP contribution in [0.5, 0.6) is 11.8 Å². The van der Waals surface area contributed by atoms with E-state index in [0.29, 0.717) is 63.5 Å². The summed E-state index contributed by atoms with van der Waals surface area (Å²) in [6.45, 7) is 9.88. The molecule has 1 spiro atoms. The summed E-state index contributed by atoms with van der Waals surface area (Å²) in [5.74, 6) is 0.969. The Balaban J connectivity index is 0.988. The Morgan fingerprint density at radius 1 is 0.709 bits per heavy atom. The van der Waals surface area contributed by atoms with E-state index in [1.165, 1.54) is 5.56 Å². The number of benzene rings is 2. The van der Waals surface area contributed by atoms with Crippen molar-refractivity contribution in [2.45, 2.75) is 51.6 Å². The van der Waals surface area contributed by atoms with Crippen molar-refractivity contribution in [3.05, 3.63) is 81.6 Å². The van der Waals surface area contributed by atoms with E-state index in [2.05, 4.69) is 15.9 Å². The van der Waals surface area contributed by atoms with Gasteiger partial charge in [-0.25, -0.2) is 14.4 Å². The fourth-order valence-corrected chi connectivity index (χ4v) is 10.3. The summed E-state index contributed by atoms with van der Waals surface area (Å²) in [5, 5.41) is 0.416. The Kier molecular flexibility index (Phi) is 9.09. The van der Waals surface area contributed by atoms with Gasteiger partial charge in [0.2, 0.25) is 23.6 Å². The summed E-state index contributed by atoms with van der Waals surface area (Å²) in [6.07, 6.45) is 3.64. The number of fused-ring (bicyclic) bond motifs is 2. The van der Waals surface area contributed by atoms with Crippen LogP contribution in [0, 0.1) is 11.2 Å². The first-order valence-corrected chi connectivity index (χ1v) is 19.7. The third-order valence-electron chi connectivity index (χ3n) is 12.7. The molecular formula is C43H46ClFN6O4. The number of carbonyl (C=O) groups excluding carboxylic acids is 2. The van der Waals surface area contributed by atoms with Gasteiger partial charge in [-0.1, -0.05) is 41.9 Å². The number of carbonyl (C=O) groups is 2. The maximum absolute atomic E-state index is 16.8. The standard InChI is InChI=1S/C43H46ClFN6O4/c1-25(52)48-15-17-49(18-16-48)35-13-11-28-20-34(47-41(54-3)37(28)35)32-10-6-8-30(40(32)45)29-7-5-9-31(39(29)44)33-19-27-12-14-36(38(27)42(46-33)55-4)51-23-43(24-51)21-50(22-43)26(2)53/h5-10,19-20,35-36H,11-18,21-24H2,1-4H3/t35-,36-/m0/s1. The lowest BCUT2D eigenvalue weighted by Gasteiger charge is -2.61. The number of hydrogen-bond acceptors (Lipinski definition) is 8. The van der Waals surface area contributed by atoms with Crippen molar-refractivity contribution < 1.29 is 23.5 Å². The van der Waals surface area contributed by atoms with Gasteiger partial charge < -0.3 is 19.3 Å². The number of ether oxygens (including phenoxy) is 2. The van der Waals surface area contributed by atoms with Crippen molar-refractivity contribution in [2.75, 3.05) is 66.6 Å². The van der Waals surface area contributed by atoms with Gasteiger partial charge in [0.05, 0.1) is 30.6 Å². The van der Waals surface area contributed by atoms with Crippen LogP contribution in [-0.4, -0.2) is 108 Å². The van der Waals surface area contributed by atoms with Gasteiger partial charge >= 0.3 is 0 Å². The van der Waals surface area contributed by atoms with E-state index in [-0.39, 0.29) is 29.3 Å². The molecule has 5 heterocycles. The molecule has 0 unspecified atom stereocenters. The van der Waals surface area contributed by atoms with Crippen LogP contribution < -0.4 is 9.47 Å². The molecule has 2 aromatic carbocycles. The lowest BCUT2D eigenvalue weighted by Crippen LogP contribution is -2.72. The molecular weight excluding hydrogens is 719 g/mol. The van der Waals surface area contributed by atoms with Gasteiger partial charge in [0.15, 0.2) is 0 Å². The van der Waals surface area contributed by atoms with E-state index in [0.717, 1.165) is 81.6 Å². The van der Waals surface area contributed by atoms with E-state index in [4.69, 9.17) is 31.0 Å². The van der Waals surface area contributed by atoms with Gasteiger partial charge in [-0.3, -0.25) is 19.4 Å². The highest BCUT2D eigenvalue weighted by atomic mass is 35.5. The molecule has 4 aromatic rings. The minimum absolute atomic E-state index is 0.108. The minimum atomic E-state index is -0.404. The van der Waals surface area contributed by atoms with Gasteiger partial charge in [0.1, 0.15) is 5.82 Å². The largest absolute Gasteiger partial charge is 0.481 e. The molecule has 12 heteroatoms. The molecule has 3 saturated heterocycles. The van der Waals surface area contributed by atoms with Gasteiger partial charge in [-0.05, 0) is 55.0 Å². The Hall–Kier alpha value is -4.58. The normalized spacial score (nSPS) is 21.6. The second kappa shape index (κ2) is 13.9. The van der Waals surface area contributed by atoms with E-state index in [9.17, 15) is 9.59 Å². The molecule has 55 heavy (non-hydrogen) atoms. The second-order valence-electron chi connectivity index (χ2n) is 15.9. The molecule has 2 aromatic heterocycles. The van der Waals surface area contributed by atoms with Gasteiger partial charge in [0.25, 0.3) is 0 Å². The van der Waals surface area contributed by atoms with E-state index in [1.807, 2.05) is 40.1 Å². The van der Waals surface area contributed by atoms with Crippen molar-refractivity contribution >= 4 is 23.4 Å². The van der Waals surface area contributed by atoms with Gasteiger partial charge in [-0.2, -0.15) is 0 Å². The summed E-state index contributed by atoms with van der Waals surface area (Å²) in [6, 6.07) is 15.5. The molecule has 9 rings (SSSR count). The summed E-state index contributed by atoms with van der Waals surface area (Å²) >= 11 is 7.19. The first kappa shape index (κ1) is 36.1. The molecule has 0 N–H and O–H groups in total.